The van der Waals surface area contributed by atoms with Crippen molar-refractivity contribution in [2.45, 2.75) is 0 Å². The lowest BCUT2D eigenvalue weighted by Crippen LogP contribution is -1.94. The van der Waals surface area contributed by atoms with E-state index >= 15 is 0 Å². The number of pyridine rings is 1. The van der Waals surface area contributed by atoms with Gasteiger partial charge >= 0.3 is 0 Å². The Morgan fingerprint density at radius 3 is 2.65 bits per heavy atom. The molecule has 1 heterocycles. The Bertz CT molecular complexity index is 531. The average Bonchev–Trinajstić information content (AvgIpc) is 2.33. The number of anilines is 3. The molecule has 0 amide bonds. The van der Waals surface area contributed by atoms with Crippen LogP contribution in [0.3, 0.4) is 0 Å². The molecule has 0 aliphatic carbocycles. The summed E-state index contributed by atoms with van der Waals surface area (Å²) >= 11 is 9.49. The minimum atomic E-state index is 0.661. The van der Waals surface area contributed by atoms with E-state index in [1.165, 1.54) is 0 Å². The predicted octanol–water partition coefficient (Wildman–Crippen LogP) is 4.28. The van der Waals surface area contributed by atoms with E-state index in [2.05, 4.69) is 31.5 Å². The molecular formula is C12H11BrClN3. The van der Waals surface area contributed by atoms with Gasteiger partial charge in [0.05, 0.1) is 34.5 Å². The zero-order chi connectivity index (χ0) is 12.3. The maximum atomic E-state index is 6.12. The molecule has 0 unspecified atom stereocenters. The fourth-order valence-electron chi connectivity index (χ4n) is 1.39. The second-order valence-electron chi connectivity index (χ2n) is 3.46. The number of hydrogen-bond donors (Lipinski definition) is 2. The highest BCUT2D eigenvalue weighted by Gasteiger charge is 2.02. The Kier molecular flexibility index (Phi) is 3.86. The first kappa shape index (κ1) is 12.2. The Morgan fingerprint density at radius 2 is 1.94 bits per heavy atom. The molecule has 2 aromatic rings. The first-order chi connectivity index (χ1) is 8.19. The van der Waals surface area contributed by atoms with Gasteiger partial charge in [0.1, 0.15) is 0 Å². The average molecular weight is 313 g/mol. The molecule has 2 N–H and O–H groups in total. The van der Waals surface area contributed by atoms with Gasteiger partial charge in [-0.3, -0.25) is 4.98 Å². The Balaban J connectivity index is 2.25. The Morgan fingerprint density at radius 1 is 1.18 bits per heavy atom. The smallest absolute Gasteiger partial charge is 0.0652 e. The minimum Gasteiger partial charge on any atom is -0.387 e. The number of rotatable bonds is 3. The number of nitrogens with zero attached hydrogens (tertiary/aromatic N) is 1. The van der Waals surface area contributed by atoms with Crippen molar-refractivity contribution in [3.05, 3.63) is 46.2 Å². The van der Waals surface area contributed by atoms with Gasteiger partial charge < -0.3 is 10.6 Å². The van der Waals surface area contributed by atoms with E-state index in [0.717, 1.165) is 21.5 Å². The predicted molar refractivity (Wildman–Crippen MR) is 76.2 cm³/mol. The zero-order valence-corrected chi connectivity index (χ0v) is 11.5. The maximum absolute atomic E-state index is 6.12. The fraction of sp³-hybridized carbons (Fsp3) is 0.0833. The lowest BCUT2D eigenvalue weighted by Gasteiger charge is -2.09. The third-order valence-electron chi connectivity index (χ3n) is 2.24. The number of halogens is 2. The van der Waals surface area contributed by atoms with E-state index in [1.807, 2.05) is 31.3 Å². The van der Waals surface area contributed by atoms with E-state index in [0.29, 0.717) is 5.02 Å². The largest absolute Gasteiger partial charge is 0.387 e. The van der Waals surface area contributed by atoms with Gasteiger partial charge in [-0.05, 0) is 24.3 Å². The second kappa shape index (κ2) is 5.38. The van der Waals surface area contributed by atoms with Gasteiger partial charge in [-0.15, -0.1) is 0 Å². The molecule has 3 nitrogen and oxygen atoms in total. The molecule has 1 aromatic heterocycles. The molecular weight excluding hydrogens is 302 g/mol. The van der Waals surface area contributed by atoms with Crippen molar-refractivity contribution in [3.8, 4) is 0 Å². The molecule has 1 aromatic carbocycles. The van der Waals surface area contributed by atoms with Gasteiger partial charge in [0, 0.05) is 11.5 Å². The second-order valence-corrected chi connectivity index (χ2v) is 4.78. The topological polar surface area (TPSA) is 37.0 Å². The van der Waals surface area contributed by atoms with E-state index < -0.39 is 0 Å². The number of nitrogens with one attached hydrogen (secondary N) is 2. The summed E-state index contributed by atoms with van der Waals surface area (Å²) in [7, 11) is 1.85. The fourth-order valence-corrected chi connectivity index (χ4v) is 2.11. The van der Waals surface area contributed by atoms with Crippen molar-refractivity contribution < 1.29 is 0 Å². The molecule has 0 saturated carbocycles. The third-order valence-corrected chi connectivity index (χ3v) is 3.04. The van der Waals surface area contributed by atoms with Gasteiger partial charge in [0.25, 0.3) is 0 Å². The molecule has 0 spiro atoms. The SMILES string of the molecule is CNc1cncc(Nc2ccc(Br)cc2Cl)c1. The maximum Gasteiger partial charge on any atom is 0.0652 e. The van der Waals surface area contributed by atoms with E-state index in [9.17, 15) is 0 Å². The van der Waals surface area contributed by atoms with Gasteiger partial charge in [-0.25, -0.2) is 0 Å². The van der Waals surface area contributed by atoms with Crippen LogP contribution in [0.2, 0.25) is 5.02 Å². The van der Waals surface area contributed by atoms with Crippen molar-refractivity contribution in [2.75, 3.05) is 17.7 Å². The standard InChI is InChI=1S/C12H11BrClN3/c1-15-9-5-10(7-16-6-9)17-12-3-2-8(13)4-11(12)14/h2-7,15,17H,1H3. The van der Waals surface area contributed by atoms with Gasteiger partial charge in [-0.1, -0.05) is 27.5 Å². The first-order valence-electron chi connectivity index (χ1n) is 5.04. The highest BCUT2D eigenvalue weighted by atomic mass is 79.9. The molecule has 88 valence electrons. The molecule has 0 aliphatic heterocycles. The van der Waals surface area contributed by atoms with Crippen LogP contribution in [0.1, 0.15) is 0 Å². The highest BCUT2D eigenvalue weighted by Crippen LogP contribution is 2.28. The summed E-state index contributed by atoms with van der Waals surface area (Å²) in [5.74, 6) is 0. The van der Waals surface area contributed by atoms with Crippen LogP contribution in [0, 0.1) is 0 Å². The monoisotopic (exact) mass is 311 g/mol. The van der Waals surface area contributed by atoms with Crippen LogP contribution in [0.5, 0.6) is 0 Å². The Labute approximate surface area is 113 Å². The summed E-state index contributed by atoms with van der Waals surface area (Å²) in [5.41, 5.74) is 2.69. The normalized spacial score (nSPS) is 10.1. The molecule has 17 heavy (non-hydrogen) atoms. The van der Waals surface area contributed by atoms with Gasteiger partial charge in [0.2, 0.25) is 0 Å². The molecule has 2 rings (SSSR count). The summed E-state index contributed by atoms with van der Waals surface area (Å²) in [6, 6.07) is 7.66. The lowest BCUT2D eigenvalue weighted by atomic mass is 10.3. The molecule has 0 aliphatic rings. The lowest BCUT2D eigenvalue weighted by molar-refractivity contribution is 1.30. The summed E-state index contributed by atoms with van der Waals surface area (Å²) in [6.45, 7) is 0. The van der Waals surface area contributed by atoms with Crippen LogP contribution in [0.15, 0.2) is 41.1 Å². The van der Waals surface area contributed by atoms with Crippen LogP contribution in [-0.2, 0) is 0 Å². The summed E-state index contributed by atoms with van der Waals surface area (Å²) in [6.07, 6.45) is 3.51. The summed E-state index contributed by atoms with van der Waals surface area (Å²) in [4.78, 5) is 4.12. The molecule has 0 bridgehead atoms. The van der Waals surface area contributed by atoms with Crippen molar-refractivity contribution in [1.29, 1.82) is 0 Å². The van der Waals surface area contributed by atoms with Crippen LogP contribution >= 0.6 is 27.5 Å². The quantitative estimate of drug-likeness (QED) is 0.888. The van der Waals surface area contributed by atoms with E-state index in [-0.39, 0.29) is 0 Å². The highest BCUT2D eigenvalue weighted by molar-refractivity contribution is 9.10. The van der Waals surface area contributed by atoms with Crippen LogP contribution < -0.4 is 10.6 Å². The van der Waals surface area contributed by atoms with Crippen LogP contribution in [0.4, 0.5) is 17.1 Å². The van der Waals surface area contributed by atoms with Crippen molar-refractivity contribution in [2.24, 2.45) is 0 Å². The molecule has 0 radical (unpaired) electrons. The molecule has 0 saturated heterocycles. The number of aromatic nitrogens is 1. The van der Waals surface area contributed by atoms with Gasteiger partial charge in [0.15, 0.2) is 0 Å². The van der Waals surface area contributed by atoms with Crippen LogP contribution in [0.25, 0.3) is 0 Å². The number of benzene rings is 1. The summed E-state index contributed by atoms with van der Waals surface area (Å²) in [5, 5.41) is 6.91. The van der Waals surface area contributed by atoms with E-state index in [1.54, 1.807) is 12.4 Å². The van der Waals surface area contributed by atoms with E-state index in [4.69, 9.17) is 11.6 Å². The Hall–Kier alpha value is -1.26. The van der Waals surface area contributed by atoms with Crippen LogP contribution in [-0.4, -0.2) is 12.0 Å². The minimum absolute atomic E-state index is 0.661. The zero-order valence-electron chi connectivity index (χ0n) is 9.17. The van der Waals surface area contributed by atoms with Crippen molar-refractivity contribution in [1.82, 2.24) is 4.98 Å². The third kappa shape index (κ3) is 3.11. The first-order valence-corrected chi connectivity index (χ1v) is 6.21. The van der Waals surface area contributed by atoms with Gasteiger partial charge in [-0.2, -0.15) is 0 Å². The van der Waals surface area contributed by atoms with Crippen molar-refractivity contribution >= 4 is 44.6 Å². The molecule has 5 heteroatoms. The summed E-state index contributed by atoms with van der Waals surface area (Å²) < 4.78 is 0.954. The van der Waals surface area contributed by atoms with Crippen molar-refractivity contribution in [3.63, 3.8) is 0 Å². The molecule has 0 atom stereocenters. The molecule has 0 fully saturated rings. The number of hydrogen-bond acceptors (Lipinski definition) is 3.